The third kappa shape index (κ3) is 4.62. The highest BCUT2D eigenvalue weighted by Crippen LogP contribution is 2.14. The largest absolute Gasteiger partial charge is 0.508 e. The van der Waals surface area contributed by atoms with Crippen LogP contribution in [0.4, 0.5) is 0 Å². The lowest BCUT2D eigenvalue weighted by molar-refractivity contribution is -0.137. The quantitative estimate of drug-likeness (QED) is 0.825. The first kappa shape index (κ1) is 15.0. The van der Waals surface area contributed by atoms with Gasteiger partial charge < -0.3 is 15.1 Å². The van der Waals surface area contributed by atoms with Crippen molar-refractivity contribution in [2.45, 2.75) is 32.7 Å². The number of carboxylic acid groups (broad SMARTS) is 1. The Hall–Kier alpha value is -2.04. The minimum Gasteiger partial charge on any atom is -0.508 e. The summed E-state index contributed by atoms with van der Waals surface area (Å²) in [7, 11) is 0. The summed E-state index contributed by atoms with van der Waals surface area (Å²) in [6.07, 6.45) is 0.476. The number of amides is 1. The topological polar surface area (TPSA) is 77.8 Å². The first-order valence-corrected chi connectivity index (χ1v) is 6.23. The Bertz CT molecular complexity index is 439. The number of aliphatic carboxylic acids is 1. The van der Waals surface area contributed by atoms with Crippen LogP contribution in [0.2, 0.25) is 0 Å². The van der Waals surface area contributed by atoms with Crippen LogP contribution >= 0.6 is 0 Å². The van der Waals surface area contributed by atoms with Gasteiger partial charge in [-0.2, -0.15) is 0 Å². The Balaban J connectivity index is 2.72. The highest BCUT2D eigenvalue weighted by molar-refractivity contribution is 5.94. The van der Waals surface area contributed by atoms with Crippen molar-refractivity contribution in [3.8, 4) is 5.75 Å². The minimum absolute atomic E-state index is 0.00454. The number of phenols is 1. The highest BCUT2D eigenvalue weighted by Gasteiger charge is 2.18. The van der Waals surface area contributed by atoms with E-state index in [1.54, 1.807) is 17.0 Å². The molecule has 0 fully saturated rings. The number of aromatic hydroxyl groups is 1. The fraction of sp³-hybridized carbons (Fsp3) is 0.429. The molecule has 0 saturated carbocycles. The third-order valence-electron chi connectivity index (χ3n) is 2.79. The minimum atomic E-state index is -0.860. The Morgan fingerprint density at radius 2 is 1.79 bits per heavy atom. The SMILES string of the molecule is CC(C)N(CCCC(=O)O)C(=O)c1ccc(O)cc1. The molecule has 104 valence electrons. The van der Waals surface area contributed by atoms with Gasteiger partial charge in [-0.25, -0.2) is 0 Å². The zero-order valence-electron chi connectivity index (χ0n) is 11.2. The molecule has 0 atom stereocenters. The summed E-state index contributed by atoms with van der Waals surface area (Å²) >= 11 is 0. The van der Waals surface area contributed by atoms with E-state index in [4.69, 9.17) is 5.11 Å². The van der Waals surface area contributed by atoms with Gasteiger partial charge in [-0.15, -0.1) is 0 Å². The molecule has 0 bridgehead atoms. The van der Waals surface area contributed by atoms with Crippen LogP contribution in [0, 0.1) is 0 Å². The summed E-state index contributed by atoms with van der Waals surface area (Å²) in [4.78, 5) is 24.4. The van der Waals surface area contributed by atoms with Crippen molar-refractivity contribution in [1.82, 2.24) is 4.90 Å². The molecule has 0 aliphatic heterocycles. The maximum Gasteiger partial charge on any atom is 0.303 e. The standard InChI is InChI=1S/C14H19NO4/c1-10(2)15(9-3-4-13(17)18)14(19)11-5-7-12(16)8-6-11/h5-8,10,16H,3-4,9H2,1-2H3,(H,17,18). The number of nitrogens with zero attached hydrogens (tertiary/aromatic N) is 1. The van der Waals surface area contributed by atoms with Crippen LogP contribution in [0.3, 0.4) is 0 Å². The molecule has 5 nitrogen and oxygen atoms in total. The molecule has 0 radical (unpaired) electrons. The van der Waals surface area contributed by atoms with Crippen LogP contribution in [0.15, 0.2) is 24.3 Å². The van der Waals surface area contributed by atoms with Crippen LogP contribution in [0.1, 0.15) is 37.0 Å². The lowest BCUT2D eigenvalue weighted by Crippen LogP contribution is -2.37. The van der Waals surface area contributed by atoms with E-state index in [1.165, 1.54) is 12.1 Å². The van der Waals surface area contributed by atoms with Crippen LogP contribution < -0.4 is 0 Å². The number of hydrogen-bond donors (Lipinski definition) is 2. The summed E-state index contributed by atoms with van der Waals surface area (Å²) in [5.41, 5.74) is 0.488. The van der Waals surface area contributed by atoms with E-state index >= 15 is 0 Å². The Labute approximate surface area is 112 Å². The number of carbonyl (C=O) groups is 2. The maximum absolute atomic E-state index is 12.3. The Morgan fingerprint density at radius 3 is 2.26 bits per heavy atom. The van der Waals surface area contributed by atoms with E-state index in [0.717, 1.165) is 0 Å². The molecule has 0 spiro atoms. The second-order valence-electron chi connectivity index (χ2n) is 4.64. The van der Waals surface area contributed by atoms with Crippen LogP contribution in [-0.2, 0) is 4.79 Å². The van der Waals surface area contributed by atoms with Crippen LogP contribution in [-0.4, -0.2) is 39.6 Å². The van der Waals surface area contributed by atoms with Gasteiger partial charge in [0.1, 0.15) is 5.75 Å². The highest BCUT2D eigenvalue weighted by atomic mass is 16.4. The van der Waals surface area contributed by atoms with Crippen molar-refractivity contribution in [2.75, 3.05) is 6.54 Å². The predicted octanol–water partition coefficient (Wildman–Crippen LogP) is 2.11. The lowest BCUT2D eigenvalue weighted by atomic mass is 10.1. The molecule has 2 N–H and O–H groups in total. The first-order chi connectivity index (χ1) is 8.91. The van der Waals surface area contributed by atoms with Gasteiger partial charge in [-0.1, -0.05) is 0 Å². The Morgan fingerprint density at radius 1 is 1.21 bits per heavy atom. The zero-order chi connectivity index (χ0) is 14.4. The number of rotatable bonds is 6. The third-order valence-corrected chi connectivity index (χ3v) is 2.79. The van der Waals surface area contributed by atoms with Gasteiger partial charge in [0, 0.05) is 24.6 Å². The van der Waals surface area contributed by atoms with Crippen molar-refractivity contribution in [3.63, 3.8) is 0 Å². The first-order valence-electron chi connectivity index (χ1n) is 6.23. The predicted molar refractivity (Wildman–Crippen MR) is 71.1 cm³/mol. The molecule has 1 aromatic carbocycles. The second-order valence-corrected chi connectivity index (χ2v) is 4.64. The average molecular weight is 265 g/mol. The smallest absolute Gasteiger partial charge is 0.303 e. The van der Waals surface area contributed by atoms with E-state index in [1.807, 2.05) is 13.8 Å². The van der Waals surface area contributed by atoms with Gasteiger partial charge in [-0.05, 0) is 44.5 Å². The van der Waals surface area contributed by atoms with E-state index < -0.39 is 5.97 Å². The van der Waals surface area contributed by atoms with Crippen molar-refractivity contribution >= 4 is 11.9 Å². The van der Waals surface area contributed by atoms with Crippen molar-refractivity contribution in [2.24, 2.45) is 0 Å². The molecule has 0 unspecified atom stereocenters. The van der Waals surface area contributed by atoms with Crippen molar-refractivity contribution in [1.29, 1.82) is 0 Å². The van der Waals surface area contributed by atoms with Gasteiger partial charge in [0.2, 0.25) is 0 Å². The summed E-state index contributed by atoms with van der Waals surface area (Å²) in [5, 5.41) is 17.8. The fourth-order valence-corrected chi connectivity index (χ4v) is 1.76. The Kier molecular flexibility index (Phi) is 5.36. The lowest BCUT2D eigenvalue weighted by Gasteiger charge is -2.26. The molecule has 0 aliphatic rings. The second kappa shape index (κ2) is 6.78. The molecule has 0 heterocycles. The van der Waals surface area contributed by atoms with Gasteiger partial charge in [0.15, 0.2) is 0 Å². The summed E-state index contributed by atoms with van der Waals surface area (Å²) < 4.78 is 0. The molecule has 0 aromatic heterocycles. The van der Waals surface area contributed by atoms with Gasteiger partial charge >= 0.3 is 5.97 Å². The molecule has 5 heteroatoms. The van der Waals surface area contributed by atoms with Gasteiger partial charge in [0.25, 0.3) is 5.91 Å². The molecule has 1 amide bonds. The number of benzene rings is 1. The van der Waals surface area contributed by atoms with E-state index in [2.05, 4.69) is 0 Å². The van der Waals surface area contributed by atoms with Crippen molar-refractivity contribution in [3.05, 3.63) is 29.8 Å². The number of hydrogen-bond acceptors (Lipinski definition) is 3. The molecule has 19 heavy (non-hydrogen) atoms. The summed E-state index contributed by atoms with van der Waals surface area (Å²) in [6, 6.07) is 6.04. The number of carboxylic acids is 1. The monoisotopic (exact) mass is 265 g/mol. The molecule has 1 aromatic rings. The molecule has 0 aliphatic carbocycles. The summed E-state index contributed by atoms with van der Waals surface area (Å²) in [5.74, 6) is -0.903. The molecule has 1 rings (SSSR count). The normalized spacial score (nSPS) is 10.5. The average Bonchev–Trinajstić information content (AvgIpc) is 2.34. The molecule has 0 saturated heterocycles. The van der Waals surface area contributed by atoms with Crippen molar-refractivity contribution < 1.29 is 19.8 Å². The molecular weight excluding hydrogens is 246 g/mol. The number of carbonyl (C=O) groups excluding carboxylic acids is 1. The van der Waals surface area contributed by atoms with E-state index in [0.29, 0.717) is 18.5 Å². The van der Waals surface area contributed by atoms with Crippen LogP contribution in [0.25, 0.3) is 0 Å². The van der Waals surface area contributed by atoms with Crippen LogP contribution in [0.5, 0.6) is 5.75 Å². The molecular formula is C14H19NO4. The maximum atomic E-state index is 12.3. The zero-order valence-corrected chi connectivity index (χ0v) is 11.2. The van der Waals surface area contributed by atoms with E-state index in [-0.39, 0.29) is 24.1 Å². The summed E-state index contributed by atoms with van der Waals surface area (Å²) in [6.45, 7) is 4.18. The van der Waals surface area contributed by atoms with Gasteiger partial charge in [0.05, 0.1) is 0 Å². The number of phenolic OH excluding ortho intramolecular Hbond substituents is 1. The van der Waals surface area contributed by atoms with Gasteiger partial charge in [-0.3, -0.25) is 9.59 Å². The van der Waals surface area contributed by atoms with E-state index in [9.17, 15) is 14.7 Å². The fourth-order valence-electron chi connectivity index (χ4n) is 1.76.